The minimum atomic E-state index is 0.296. The fourth-order valence-electron chi connectivity index (χ4n) is 3.51. The Morgan fingerprint density at radius 3 is 2.35 bits per heavy atom. The van der Waals surface area contributed by atoms with Crippen molar-refractivity contribution < 1.29 is 0 Å². The van der Waals surface area contributed by atoms with Gasteiger partial charge in [0.1, 0.15) is 0 Å². The van der Waals surface area contributed by atoms with Crippen LogP contribution in [0.4, 0.5) is 0 Å². The fourth-order valence-corrected chi connectivity index (χ4v) is 3.51. The first kappa shape index (κ1) is 14.2. The summed E-state index contributed by atoms with van der Waals surface area (Å²) < 4.78 is 2.15. The molecule has 3 nitrogen and oxygen atoms in total. The van der Waals surface area contributed by atoms with E-state index in [1.807, 2.05) is 18.7 Å². The molecule has 116 valence electrons. The summed E-state index contributed by atoms with van der Waals surface area (Å²) in [6.45, 7) is 0.900. The van der Waals surface area contributed by atoms with Crippen LogP contribution in [0.25, 0.3) is 0 Å². The number of imidazole rings is 1. The lowest BCUT2D eigenvalue weighted by Crippen LogP contribution is -2.35. The van der Waals surface area contributed by atoms with Crippen molar-refractivity contribution in [3.05, 3.63) is 90.0 Å². The van der Waals surface area contributed by atoms with Crippen LogP contribution in [-0.4, -0.2) is 15.6 Å². The normalized spacial score (nSPS) is 15.5. The van der Waals surface area contributed by atoms with Crippen molar-refractivity contribution in [1.29, 1.82) is 0 Å². The number of fused-ring (bicyclic) bond motifs is 1. The molecule has 0 saturated heterocycles. The van der Waals surface area contributed by atoms with Crippen LogP contribution in [0.1, 0.15) is 22.7 Å². The highest BCUT2D eigenvalue weighted by Gasteiger charge is 2.24. The third-order valence-corrected chi connectivity index (χ3v) is 4.64. The van der Waals surface area contributed by atoms with E-state index in [2.05, 4.69) is 69.5 Å². The number of benzene rings is 2. The zero-order valence-corrected chi connectivity index (χ0v) is 13.1. The van der Waals surface area contributed by atoms with E-state index in [4.69, 9.17) is 0 Å². The summed E-state index contributed by atoms with van der Waals surface area (Å²) in [5.41, 5.74) is 4.30. The van der Waals surface area contributed by atoms with Crippen LogP contribution in [0.15, 0.2) is 73.3 Å². The Kier molecular flexibility index (Phi) is 3.95. The molecule has 1 aliphatic rings. The first-order chi connectivity index (χ1) is 11.4. The van der Waals surface area contributed by atoms with Crippen molar-refractivity contribution in [3.63, 3.8) is 0 Å². The van der Waals surface area contributed by atoms with Gasteiger partial charge in [0.2, 0.25) is 0 Å². The number of nitrogens with zero attached hydrogens (tertiary/aromatic N) is 2. The monoisotopic (exact) mass is 303 g/mol. The maximum Gasteiger partial charge on any atom is 0.0946 e. The van der Waals surface area contributed by atoms with Crippen LogP contribution >= 0.6 is 0 Å². The molecule has 0 aliphatic heterocycles. The lowest BCUT2D eigenvalue weighted by atomic mass is 10.0. The van der Waals surface area contributed by atoms with Gasteiger partial charge in [0.25, 0.3) is 0 Å². The third kappa shape index (κ3) is 3.20. The molecular formula is C20H21N3. The van der Waals surface area contributed by atoms with Crippen molar-refractivity contribution in [2.45, 2.75) is 31.5 Å². The topological polar surface area (TPSA) is 29.9 Å². The van der Waals surface area contributed by atoms with E-state index in [0.717, 1.165) is 19.4 Å². The lowest BCUT2D eigenvalue weighted by molar-refractivity contribution is 0.402. The van der Waals surface area contributed by atoms with Crippen molar-refractivity contribution >= 4 is 0 Å². The third-order valence-electron chi connectivity index (χ3n) is 4.64. The molecule has 0 fully saturated rings. The van der Waals surface area contributed by atoms with Gasteiger partial charge >= 0.3 is 0 Å². The number of rotatable bonds is 5. The maximum atomic E-state index is 4.17. The average molecular weight is 303 g/mol. The molecule has 0 radical (unpaired) electrons. The predicted molar refractivity (Wildman–Crippen MR) is 92.2 cm³/mol. The van der Waals surface area contributed by atoms with E-state index in [9.17, 15) is 0 Å². The minimum absolute atomic E-state index is 0.296. The standard InChI is InChI=1S/C20H21N3/c1-2-6-16(7-3-1)20(14-23-11-10-21-15-23)22-19-12-17-8-4-5-9-18(17)13-19/h1-11,15,19-20,22H,12-14H2. The van der Waals surface area contributed by atoms with Crippen LogP contribution < -0.4 is 5.32 Å². The zero-order valence-electron chi connectivity index (χ0n) is 13.1. The summed E-state index contributed by atoms with van der Waals surface area (Å²) in [5, 5.41) is 3.87. The van der Waals surface area contributed by atoms with E-state index in [-0.39, 0.29) is 0 Å². The number of aromatic nitrogens is 2. The first-order valence-electron chi connectivity index (χ1n) is 8.22. The molecule has 23 heavy (non-hydrogen) atoms. The second-order valence-corrected chi connectivity index (χ2v) is 6.26. The van der Waals surface area contributed by atoms with Crippen LogP contribution in [0.3, 0.4) is 0 Å². The molecule has 1 aliphatic carbocycles. The van der Waals surface area contributed by atoms with E-state index < -0.39 is 0 Å². The second kappa shape index (κ2) is 6.39. The van der Waals surface area contributed by atoms with E-state index in [0.29, 0.717) is 12.1 Å². The molecule has 4 rings (SSSR count). The molecule has 1 heterocycles. The van der Waals surface area contributed by atoms with Gasteiger partial charge in [-0.1, -0.05) is 54.6 Å². The Morgan fingerprint density at radius 2 is 1.70 bits per heavy atom. The van der Waals surface area contributed by atoms with E-state index in [1.54, 1.807) is 0 Å². The summed E-state index contributed by atoms with van der Waals surface area (Å²) >= 11 is 0. The van der Waals surface area contributed by atoms with Crippen molar-refractivity contribution in [3.8, 4) is 0 Å². The molecule has 3 heteroatoms. The van der Waals surface area contributed by atoms with Crippen molar-refractivity contribution in [2.75, 3.05) is 0 Å². The van der Waals surface area contributed by atoms with Crippen molar-refractivity contribution in [1.82, 2.24) is 14.9 Å². The lowest BCUT2D eigenvalue weighted by Gasteiger charge is -2.24. The molecular weight excluding hydrogens is 282 g/mol. The van der Waals surface area contributed by atoms with Gasteiger partial charge in [0.15, 0.2) is 0 Å². The second-order valence-electron chi connectivity index (χ2n) is 6.26. The largest absolute Gasteiger partial charge is 0.336 e. The van der Waals surface area contributed by atoms with Crippen LogP contribution in [0.5, 0.6) is 0 Å². The number of nitrogens with one attached hydrogen (secondary N) is 1. The quantitative estimate of drug-likeness (QED) is 0.783. The minimum Gasteiger partial charge on any atom is -0.336 e. The summed E-state index contributed by atoms with van der Waals surface area (Å²) in [6, 6.07) is 20.3. The highest BCUT2D eigenvalue weighted by molar-refractivity contribution is 5.33. The molecule has 1 aromatic heterocycles. The van der Waals surface area contributed by atoms with Gasteiger partial charge in [0.05, 0.1) is 12.4 Å². The molecule has 0 spiro atoms. The molecule has 0 bridgehead atoms. The molecule has 3 aromatic rings. The molecule has 0 saturated carbocycles. The SMILES string of the molecule is c1ccc(C(Cn2ccnc2)NC2Cc3ccccc3C2)cc1. The highest BCUT2D eigenvalue weighted by atomic mass is 15.1. The molecule has 1 N–H and O–H groups in total. The van der Waals surface area contributed by atoms with E-state index in [1.165, 1.54) is 16.7 Å². The van der Waals surface area contributed by atoms with Gasteiger partial charge in [0, 0.05) is 25.0 Å². The molecule has 1 unspecified atom stereocenters. The number of hydrogen-bond acceptors (Lipinski definition) is 2. The van der Waals surface area contributed by atoms with Crippen LogP contribution in [0, 0.1) is 0 Å². The van der Waals surface area contributed by atoms with Gasteiger partial charge in [-0.25, -0.2) is 4.98 Å². The first-order valence-corrected chi connectivity index (χ1v) is 8.22. The van der Waals surface area contributed by atoms with Gasteiger partial charge in [-0.15, -0.1) is 0 Å². The van der Waals surface area contributed by atoms with Crippen LogP contribution in [-0.2, 0) is 19.4 Å². The maximum absolute atomic E-state index is 4.17. The highest BCUT2D eigenvalue weighted by Crippen LogP contribution is 2.25. The summed E-state index contributed by atoms with van der Waals surface area (Å²) in [5.74, 6) is 0. The van der Waals surface area contributed by atoms with Gasteiger partial charge < -0.3 is 9.88 Å². The Morgan fingerprint density at radius 1 is 1.00 bits per heavy atom. The van der Waals surface area contributed by atoms with E-state index >= 15 is 0 Å². The molecule has 0 amide bonds. The predicted octanol–water partition coefficient (Wildman–Crippen LogP) is 3.38. The zero-order chi connectivity index (χ0) is 15.5. The summed E-state index contributed by atoms with van der Waals surface area (Å²) in [4.78, 5) is 4.17. The Bertz CT molecular complexity index is 725. The molecule has 2 aromatic carbocycles. The van der Waals surface area contributed by atoms with Crippen molar-refractivity contribution in [2.24, 2.45) is 0 Å². The Balaban J connectivity index is 1.52. The Hall–Kier alpha value is -2.39. The average Bonchev–Trinajstić information content (AvgIpc) is 3.24. The van der Waals surface area contributed by atoms with Crippen LogP contribution in [0.2, 0.25) is 0 Å². The number of hydrogen-bond donors (Lipinski definition) is 1. The summed E-state index contributed by atoms with van der Waals surface area (Å²) in [6.07, 6.45) is 7.99. The van der Waals surface area contributed by atoms with Gasteiger partial charge in [-0.2, -0.15) is 0 Å². The fraction of sp³-hybridized carbons (Fsp3) is 0.250. The summed E-state index contributed by atoms with van der Waals surface area (Å²) in [7, 11) is 0. The van der Waals surface area contributed by atoms with Gasteiger partial charge in [-0.3, -0.25) is 0 Å². The van der Waals surface area contributed by atoms with Gasteiger partial charge in [-0.05, 0) is 29.5 Å². The Labute approximate surface area is 137 Å². The smallest absolute Gasteiger partial charge is 0.0946 e. The molecule has 1 atom stereocenters.